The van der Waals surface area contributed by atoms with E-state index in [1.165, 1.54) is 25.7 Å². The van der Waals surface area contributed by atoms with Crippen molar-refractivity contribution in [3.63, 3.8) is 0 Å². The van der Waals surface area contributed by atoms with Crippen LogP contribution in [0.25, 0.3) is 0 Å². The van der Waals surface area contributed by atoms with E-state index in [1.807, 2.05) is 12.1 Å². The van der Waals surface area contributed by atoms with Crippen LogP contribution >= 0.6 is 0 Å². The van der Waals surface area contributed by atoms with E-state index in [9.17, 15) is 0 Å². The third kappa shape index (κ3) is 3.31. The van der Waals surface area contributed by atoms with Crippen LogP contribution in [0.4, 0.5) is 11.6 Å². The number of rotatable bonds is 3. The van der Waals surface area contributed by atoms with E-state index in [0.29, 0.717) is 0 Å². The summed E-state index contributed by atoms with van der Waals surface area (Å²) in [6.07, 6.45) is 6.62. The summed E-state index contributed by atoms with van der Waals surface area (Å²) in [6, 6.07) is 3.96. The van der Waals surface area contributed by atoms with E-state index < -0.39 is 0 Å². The van der Waals surface area contributed by atoms with Gasteiger partial charge in [-0.3, -0.25) is 0 Å². The summed E-state index contributed by atoms with van der Waals surface area (Å²) in [4.78, 5) is 10.7. The van der Waals surface area contributed by atoms with Gasteiger partial charge in [0.1, 0.15) is 24.5 Å². The van der Waals surface area contributed by atoms with Crippen molar-refractivity contribution in [2.75, 3.05) is 29.9 Å². The summed E-state index contributed by atoms with van der Waals surface area (Å²) in [6.45, 7) is 2.40. The third-order valence-electron chi connectivity index (χ3n) is 2.93. The normalized spacial score (nSPS) is 16.1. The molecule has 1 fully saturated rings. The lowest BCUT2D eigenvalue weighted by Crippen LogP contribution is -2.25. The predicted octanol–water partition coefficient (Wildman–Crippen LogP) is 1.79. The van der Waals surface area contributed by atoms with Gasteiger partial charge in [0.05, 0.1) is 6.07 Å². The molecular weight excluding hydrogens is 214 g/mol. The van der Waals surface area contributed by atoms with Gasteiger partial charge >= 0.3 is 0 Å². The Bertz CT molecular complexity index is 390. The van der Waals surface area contributed by atoms with E-state index in [4.69, 9.17) is 5.26 Å². The van der Waals surface area contributed by atoms with E-state index in [0.717, 1.165) is 24.7 Å². The zero-order chi connectivity index (χ0) is 11.9. The number of nitriles is 1. The molecule has 1 N–H and O–H groups in total. The van der Waals surface area contributed by atoms with Gasteiger partial charge in [-0.15, -0.1) is 0 Å². The second-order valence-electron chi connectivity index (χ2n) is 4.17. The first-order chi connectivity index (χ1) is 8.40. The second kappa shape index (κ2) is 6.04. The first-order valence-corrected chi connectivity index (χ1v) is 6.08. The maximum absolute atomic E-state index is 8.52. The van der Waals surface area contributed by atoms with Crippen molar-refractivity contribution in [2.45, 2.75) is 25.7 Å². The van der Waals surface area contributed by atoms with Crippen LogP contribution in [-0.2, 0) is 0 Å². The summed E-state index contributed by atoms with van der Waals surface area (Å²) in [5, 5.41) is 11.5. The van der Waals surface area contributed by atoms with Gasteiger partial charge in [0.15, 0.2) is 0 Å². The summed E-state index contributed by atoms with van der Waals surface area (Å²) >= 11 is 0. The van der Waals surface area contributed by atoms with Crippen LogP contribution in [0.15, 0.2) is 12.4 Å². The Morgan fingerprint density at radius 3 is 2.71 bits per heavy atom. The van der Waals surface area contributed by atoms with Crippen molar-refractivity contribution in [2.24, 2.45) is 0 Å². The molecule has 0 aliphatic carbocycles. The molecule has 1 aromatic heterocycles. The smallest absolute Gasteiger partial charge is 0.134 e. The molecule has 0 amide bonds. The maximum atomic E-state index is 8.52. The van der Waals surface area contributed by atoms with Gasteiger partial charge in [-0.2, -0.15) is 5.26 Å². The molecule has 0 bridgehead atoms. The van der Waals surface area contributed by atoms with Crippen molar-refractivity contribution in [1.82, 2.24) is 9.97 Å². The Kier molecular flexibility index (Phi) is 4.14. The molecule has 0 aromatic carbocycles. The molecule has 2 heterocycles. The number of hydrogen-bond donors (Lipinski definition) is 1. The summed E-state index contributed by atoms with van der Waals surface area (Å²) < 4.78 is 0. The lowest BCUT2D eigenvalue weighted by atomic mass is 10.2. The standard InChI is InChI=1S/C12H17N5/c13-5-6-14-11-9-12(16-10-15-11)17-7-3-1-2-4-8-17/h9-10H,1-4,6-8H2,(H,14,15,16). The fraction of sp³-hybridized carbons (Fsp3) is 0.583. The zero-order valence-corrected chi connectivity index (χ0v) is 9.89. The Labute approximate surface area is 101 Å². The van der Waals surface area contributed by atoms with Crippen molar-refractivity contribution in [1.29, 1.82) is 5.26 Å². The minimum absolute atomic E-state index is 0.274. The minimum Gasteiger partial charge on any atom is -0.357 e. The zero-order valence-electron chi connectivity index (χ0n) is 9.89. The Hall–Kier alpha value is -1.83. The van der Waals surface area contributed by atoms with E-state index in [2.05, 4.69) is 20.2 Å². The molecule has 1 aliphatic rings. The number of anilines is 2. The average molecular weight is 231 g/mol. The first kappa shape index (κ1) is 11.6. The molecule has 2 rings (SSSR count). The Morgan fingerprint density at radius 1 is 1.24 bits per heavy atom. The van der Waals surface area contributed by atoms with Crippen LogP contribution in [-0.4, -0.2) is 29.6 Å². The molecule has 17 heavy (non-hydrogen) atoms. The van der Waals surface area contributed by atoms with Crippen LogP contribution in [0.5, 0.6) is 0 Å². The highest BCUT2D eigenvalue weighted by Crippen LogP contribution is 2.18. The average Bonchev–Trinajstić information content (AvgIpc) is 2.65. The maximum Gasteiger partial charge on any atom is 0.134 e. The molecule has 0 unspecified atom stereocenters. The Balaban J connectivity index is 2.06. The molecule has 5 nitrogen and oxygen atoms in total. The van der Waals surface area contributed by atoms with Crippen molar-refractivity contribution < 1.29 is 0 Å². The summed E-state index contributed by atoms with van der Waals surface area (Å²) in [7, 11) is 0. The highest BCUT2D eigenvalue weighted by atomic mass is 15.2. The topological polar surface area (TPSA) is 64.8 Å². The number of hydrogen-bond acceptors (Lipinski definition) is 5. The predicted molar refractivity (Wildman–Crippen MR) is 66.8 cm³/mol. The van der Waals surface area contributed by atoms with Gasteiger partial charge in [0.25, 0.3) is 0 Å². The summed E-state index contributed by atoms with van der Waals surface area (Å²) in [5.41, 5.74) is 0. The minimum atomic E-state index is 0.274. The van der Waals surface area contributed by atoms with Crippen molar-refractivity contribution in [3.05, 3.63) is 12.4 Å². The molecule has 0 radical (unpaired) electrons. The molecular formula is C12H17N5. The monoisotopic (exact) mass is 231 g/mol. The second-order valence-corrected chi connectivity index (χ2v) is 4.17. The highest BCUT2D eigenvalue weighted by Gasteiger charge is 2.11. The highest BCUT2D eigenvalue weighted by molar-refractivity contribution is 5.48. The largest absolute Gasteiger partial charge is 0.357 e. The fourth-order valence-electron chi connectivity index (χ4n) is 2.05. The van der Waals surface area contributed by atoms with Gasteiger partial charge in [0, 0.05) is 19.2 Å². The van der Waals surface area contributed by atoms with Crippen molar-refractivity contribution in [3.8, 4) is 6.07 Å². The van der Waals surface area contributed by atoms with Gasteiger partial charge in [-0.25, -0.2) is 9.97 Å². The lowest BCUT2D eigenvalue weighted by Gasteiger charge is -2.21. The molecule has 1 aliphatic heterocycles. The lowest BCUT2D eigenvalue weighted by molar-refractivity contribution is 0.726. The summed E-state index contributed by atoms with van der Waals surface area (Å²) in [5.74, 6) is 1.68. The van der Waals surface area contributed by atoms with Gasteiger partial charge in [0.2, 0.25) is 0 Å². The molecule has 1 aromatic rings. The Morgan fingerprint density at radius 2 is 2.00 bits per heavy atom. The fourth-order valence-corrected chi connectivity index (χ4v) is 2.05. The molecule has 5 heteroatoms. The van der Waals surface area contributed by atoms with Crippen molar-refractivity contribution >= 4 is 11.6 Å². The number of nitrogens with one attached hydrogen (secondary N) is 1. The van der Waals surface area contributed by atoms with Gasteiger partial charge in [-0.1, -0.05) is 12.8 Å². The van der Waals surface area contributed by atoms with Crippen LogP contribution < -0.4 is 10.2 Å². The SMILES string of the molecule is N#CCNc1cc(N2CCCCCC2)ncn1. The molecule has 0 spiro atoms. The van der Waals surface area contributed by atoms with E-state index in [1.54, 1.807) is 6.33 Å². The van der Waals surface area contributed by atoms with Crippen LogP contribution in [0.1, 0.15) is 25.7 Å². The van der Waals surface area contributed by atoms with E-state index in [-0.39, 0.29) is 6.54 Å². The molecule has 1 saturated heterocycles. The van der Waals surface area contributed by atoms with Crippen LogP contribution in [0.2, 0.25) is 0 Å². The molecule has 0 atom stereocenters. The molecule has 90 valence electrons. The number of aromatic nitrogens is 2. The van der Waals surface area contributed by atoms with Crippen LogP contribution in [0.3, 0.4) is 0 Å². The third-order valence-corrected chi connectivity index (χ3v) is 2.93. The number of nitrogens with zero attached hydrogens (tertiary/aromatic N) is 4. The quantitative estimate of drug-likeness (QED) is 0.803. The van der Waals surface area contributed by atoms with Crippen LogP contribution in [0, 0.1) is 11.3 Å². The van der Waals surface area contributed by atoms with Gasteiger partial charge in [-0.05, 0) is 12.8 Å². The first-order valence-electron chi connectivity index (χ1n) is 6.08. The molecule has 0 saturated carbocycles. The van der Waals surface area contributed by atoms with E-state index >= 15 is 0 Å². The van der Waals surface area contributed by atoms with Gasteiger partial charge < -0.3 is 10.2 Å².